The Kier molecular flexibility index (Phi) is 3.47. The van der Waals surface area contributed by atoms with E-state index in [1.54, 1.807) is 13.1 Å². The minimum Gasteiger partial charge on any atom is -0.333 e. The molecule has 2 rings (SSSR count). The Morgan fingerprint density at radius 1 is 1.81 bits per heavy atom. The Labute approximate surface area is 103 Å². The molecule has 1 aromatic rings. The lowest BCUT2D eigenvalue weighted by molar-refractivity contribution is -0.133. The van der Waals surface area contributed by atoms with Crippen molar-refractivity contribution in [1.29, 1.82) is 0 Å². The zero-order chi connectivity index (χ0) is 11.7. The van der Waals surface area contributed by atoms with Crippen LogP contribution in [0, 0.1) is 0 Å². The van der Waals surface area contributed by atoms with Gasteiger partial charge in [0.05, 0.1) is 12.6 Å². The van der Waals surface area contributed by atoms with Gasteiger partial charge in [-0.15, -0.1) is 11.3 Å². The smallest absolute Gasteiger partial charge is 0.239 e. The fourth-order valence-corrected chi connectivity index (χ4v) is 2.54. The number of amides is 1. The molecule has 88 valence electrons. The molecular weight excluding hydrogens is 246 g/mol. The second-order valence-corrected chi connectivity index (χ2v) is 5.76. The van der Waals surface area contributed by atoms with Crippen LogP contribution in [-0.4, -0.2) is 27.9 Å². The molecule has 0 saturated heterocycles. The Bertz CT molecular complexity index is 389. The van der Waals surface area contributed by atoms with Crippen LogP contribution in [-0.2, 0) is 11.3 Å². The minimum absolute atomic E-state index is 0.00650. The molecule has 1 fully saturated rings. The fraction of sp³-hybridized carbons (Fsp3) is 0.600. The number of rotatable bonds is 4. The molecule has 0 radical (unpaired) electrons. The number of nitrogens with zero attached hydrogens (tertiary/aromatic N) is 2. The van der Waals surface area contributed by atoms with Crippen LogP contribution in [0.3, 0.4) is 0 Å². The molecular formula is C10H14ClN3OS. The highest BCUT2D eigenvalue weighted by Crippen LogP contribution is 2.30. The summed E-state index contributed by atoms with van der Waals surface area (Å²) < 4.78 is 0.513. The predicted octanol–water partition coefficient (Wildman–Crippen LogP) is 1.63. The van der Waals surface area contributed by atoms with Gasteiger partial charge < -0.3 is 10.6 Å². The maximum atomic E-state index is 11.9. The molecule has 1 aliphatic carbocycles. The summed E-state index contributed by atoms with van der Waals surface area (Å²) in [6.07, 6.45) is 3.87. The molecule has 0 spiro atoms. The topological polar surface area (TPSA) is 59.2 Å². The lowest BCUT2D eigenvalue weighted by atomic mass is 10.3. The van der Waals surface area contributed by atoms with Crippen molar-refractivity contribution < 1.29 is 4.79 Å². The van der Waals surface area contributed by atoms with E-state index in [1.165, 1.54) is 11.3 Å². The summed E-state index contributed by atoms with van der Waals surface area (Å²) in [5, 5.41) is 0. The standard InChI is InChI=1S/C10H14ClN3OS/c1-6(12)9(15)14(7-2-3-7)5-8-4-13-10(11)16-8/h4,6-7H,2-3,5,12H2,1H3. The van der Waals surface area contributed by atoms with Crippen LogP contribution in [0.2, 0.25) is 4.47 Å². The molecule has 0 bridgehead atoms. The third kappa shape index (κ3) is 2.72. The highest BCUT2D eigenvalue weighted by atomic mass is 35.5. The summed E-state index contributed by atoms with van der Waals surface area (Å²) in [4.78, 5) is 18.7. The molecule has 6 heteroatoms. The van der Waals surface area contributed by atoms with Crippen LogP contribution in [0.5, 0.6) is 0 Å². The maximum absolute atomic E-state index is 11.9. The summed E-state index contributed by atoms with van der Waals surface area (Å²) in [6.45, 7) is 2.30. The van der Waals surface area contributed by atoms with Gasteiger partial charge in [-0.1, -0.05) is 11.6 Å². The van der Waals surface area contributed by atoms with Gasteiger partial charge in [0.1, 0.15) is 0 Å². The van der Waals surface area contributed by atoms with Crippen molar-refractivity contribution in [1.82, 2.24) is 9.88 Å². The predicted molar refractivity (Wildman–Crippen MR) is 64.3 cm³/mol. The SMILES string of the molecule is CC(N)C(=O)N(Cc1cnc(Cl)s1)C1CC1. The number of thiazole rings is 1. The molecule has 1 saturated carbocycles. The Morgan fingerprint density at radius 3 is 2.94 bits per heavy atom. The Morgan fingerprint density at radius 2 is 2.50 bits per heavy atom. The van der Waals surface area contributed by atoms with E-state index in [0.29, 0.717) is 17.1 Å². The second kappa shape index (κ2) is 4.69. The lowest BCUT2D eigenvalue weighted by Gasteiger charge is -2.23. The van der Waals surface area contributed by atoms with Crippen LogP contribution in [0.4, 0.5) is 0 Å². The third-order valence-electron chi connectivity index (χ3n) is 2.51. The van der Waals surface area contributed by atoms with Gasteiger partial charge in [0, 0.05) is 17.1 Å². The van der Waals surface area contributed by atoms with Crippen molar-refractivity contribution in [2.45, 2.75) is 38.4 Å². The van der Waals surface area contributed by atoms with E-state index in [9.17, 15) is 4.79 Å². The van der Waals surface area contributed by atoms with Crippen LogP contribution >= 0.6 is 22.9 Å². The van der Waals surface area contributed by atoms with E-state index in [0.717, 1.165) is 17.7 Å². The Balaban J connectivity index is 2.06. The normalized spacial score (nSPS) is 17.2. The lowest BCUT2D eigenvalue weighted by Crippen LogP contribution is -2.42. The number of aromatic nitrogens is 1. The Hall–Kier alpha value is -0.650. The van der Waals surface area contributed by atoms with Gasteiger partial charge in [-0.25, -0.2) is 4.98 Å². The fourth-order valence-electron chi connectivity index (χ4n) is 1.56. The monoisotopic (exact) mass is 259 g/mol. The van der Waals surface area contributed by atoms with Crippen LogP contribution in [0.1, 0.15) is 24.6 Å². The zero-order valence-electron chi connectivity index (χ0n) is 9.02. The van der Waals surface area contributed by atoms with Gasteiger partial charge in [0.2, 0.25) is 5.91 Å². The van der Waals surface area contributed by atoms with Gasteiger partial charge in [-0.3, -0.25) is 4.79 Å². The van der Waals surface area contributed by atoms with E-state index in [-0.39, 0.29) is 5.91 Å². The largest absolute Gasteiger partial charge is 0.333 e. The molecule has 1 aliphatic rings. The van der Waals surface area contributed by atoms with E-state index < -0.39 is 6.04 Å². The van der Waals surface area contributed by atoms with Gasteiger partial charge in [0.15, 0.2) is 4.47 Å². The quantitative estimate of drug-likeness (QED) is 0.894. The van der Waals surface area contributed by atoms with E-state index in [4.69, 9.17) is 17.3 Å². The first-order chi connectivity index (χ1) is 7.58. The van der Waals surface area contributed by atoms with Crippen molar-refractivity contribution in [3.05, 3.63) is 15.5 Å². The van der Waals surface area contributed by atoms with Crippen LogP contribution in [0.25, 0.3) is 0 Å². The molecule has 1 amide bonds. The van der Waals surface area contributed by atoms with Crippen molar-refractivity contribution in [3.8, 4) is 0 Å². The minimum atomic E-state index is -0.441. The highest BCUT2D eigenvalue weighted by molar-refractivity contribution is 7.15. The maximum Gasteiger partial charge on any atom is 0.239 e. The summed E-state index contributed by atoms with van der Waals surface area (Å²) in [5.41, 5.74) is 5.63. The van der Waals surface area contributed by atoms with Gasteiger partial charge in [-0.2, -0.15) is 0 Å². The number of halogens is 1. The third-order valence-corrected chi connectivity index (χ3v) is 3.61. The molecule has 16 heavy (non-hydrogen) atoms. The van der Waals surface area contributed by atoms with Crippen LogP contribution in [0.15, 0.2) is 6.20 Å². The molecule has 4 nitrogen and oxygen atoms in total. The molecule has 1 heterocycles. The van der Waals surface area contributed by atoms with Gasteiger partial charge >= 0.3 is 0 Å². The number of carbonyl (C=O) groups is 1. The molecule has 1 atom stereocenters. The molecule has 1 aromatic heterocycles. The summed E-state index contributed by atoms with van der Waals surface area (Å²) >= 11 is 7.17. The molecule has 0 aliphatic heterocycles. The van der Waals surface area contributed by atoms with Crippen LogP contribution < -0.4 is 5.73 Å². The first kappa shape index (κ1) is 11.8. The summed E-state index contributed by atoms with van der Waals surface area (Å²) in [6, 6.07) is -0.0802. The van der Waals surface area contributed by atoms with Gasteiger partial charge in [0.25, 0.3) is 0 Å². The molecule has 0 aromatic carbocycles. The summed E-state index contributed by atoms with van der Waals surface area (Å²) in [7, 11) is 0. The van der Waals surface area contributed by atoms with Gasteiger partial charge in [-0.05, 0) is 19.8 Å². The number of hydrogen-bond acceptors (Lipinski definition) is 4. The number of carbonyl (C=O) groups excluding carboxylic acids is 1. The first-order valence-electron chi connectivity index (χ1n) is 5.24. The average molecular weight is 260 g/mol. The van der Waals surface area contributed by atoms with Crippen molar-refractivity contribution >= 4 is 28.8 Å². The number of nitrogens with two attached hydrogens (primary N) is 1. The van der Waals surface area contributed by atoms with E-state index in [1.807, 2.05) is 4.90 Å². The summed E-state index contributed by atoms with van der Waals surface area (Å²) in [5.74, 6) is 0.00650. The van der Waals surface area contributed by atoms with Crippen molar-refractivity contribution in [3.63, 3.8) is 0 Å². The molecule has 1 unspecified atom stereocenters. The zero-order valence-corrected chi connectivity index (χ0v) is 10.6. The van der Waals surface area contributed by atoms with Crippen molar-refractivity contribution in [2.75, 3.05) is 0 Å². The van der Waals surface area contributed by atoms with Crippen molar-refractivity contribution in [2.24, 2.45) is 5.73 Å². The molecule has 2 N–H and O–H groups in total. The second-order valence-electron chi connectivity index (χ2n) is 4.07. The van der Waals surface area contributed by atoms with E-state index in [2.05, 4.69) is 4.98 Å². The van der Waals surface area contributed by atoms with E-state index >= 15 is 0 Å². The first-order valence-corrected chi connectivity index (χ1v) is 6.43. The highest BCUT2D eigenvalue weighted by Gasteiger charge is 2.33. The average Bonchev–Trinajstić information content (AvgIpc) is 2.98. The number of hydrogen-bond donors (Lipinski definition) is 1.